The third-order valence-corrected chi connectivity index (χ3v) is 24.8. The molecule has 20 heterocycles. The third kappa shape index (κ3) is 8.67. The van der Waals surface area contributed by atoms with Gasteiger partial charge >= 0.3 is 17.0 Å². The maximum Gasteiger partial charge on any atom is 0.339 e. The average molecular weight is 1450 g/mol. The number of aromatic nitrogens is 16. The minimum Gasteiger partial charge on any atom is -0.419 e. The van der Waals surface area contributed by atoms with Crippen LogP contribution >= 0.6 is 34.0 Å². The van der Waals surface area contributed by atoms with E-state index in [0.717, 1.165) is 137 Å². The van der Waals surface area contributed by atoms with Crippen molar-refractivity contribution in [3.63, 3.8) is 0 Å². The first kappa shape index (κ1) is 49.9. The summed E-state index contributed by atoms with van der Waals surface area (Å²) in [7, 11) is 2.15. The SMILES string of the molecule is Cn1c2ccccc2c2sc3[n+](c21)Cc1ncccc1-3.[2H]C([2H])([2H])[n+]1c2n(c3c4ccccc4n(-c4ccccc4)c31)Cc1ncccc1-2.[2H]C([2H])([2H])[n+]1c2n(c3c4ccccc4oc31)Cc1ncccc1-2.[2H]C([2H])([2H])[n+]1c2n(c3c4ccccc4sc31)Cc1ncccc1-2.[2H]C([2H])([2H])n1c2ccccc2c2sc3[n+](c21)Cc1ncccc1-3. The van der Waals surface area contributed by atoms with Crippen molar-refractivity contribution in [3.8, 4) is 61.0 Å². The summed E-state index contributed by atoms with van der Waals surface area (Å²) in [6, 6.07) is 69.6. The monoisotopic (exact) mass is 1450 g/mol. The Labute approximate surface area is 634 Å². The lowest BCUT2D eigenvalue weighted by Crippen LogP contribution is -2.32. The molecule has 0 fully saturated rings. The van der Waals surface area contributed by atoms with Crippen molar-refractivity contribution in [2.45, 2.75) is 32.7 Å². The van der Waals surface area contributed by atoms with Crippen LogP contribution in [0.2, 0.25) is 0 Å². The number of pyridine rings is 5. The molecule has 6 aromatic carbocycles. The number of fused-ring (bicyclic) bond motifs is 35. The number of benzene rings is 6. The lowest BCUT2D eigenvalue weighted by molar-refractivity contribution is -0.645. The highest BCUT2D eigenvalue weighted by Crippen LogP contribution is 2.44. The molecule has 0 spiro atoms. The maximum absolute atomic E-state index is 8.36. The highest BCUT2D eigenvalue weighted by molar-refractivity contribution is 7.25. The van der Waals surface area contributed by atoms with Gasteiger partial charge in [0.2, 0.25) is 16.2 Å². The van der Waals surface area contributed by atoms with Gasteiger partial charge in [-0.25, -0.2) is 45.7 Å². The molecule has 17 nitrogen and oxygen atoms in total. The molecule has 106 heavy (non-hydrogen) atoms. The summed E-state index contributed by atoms with van der Waals surface area (Å²) < 4.78 is 127. The van der Waals surface area contributed by atoms with Crippen LogP contribution in [0.25, 0.3) is 168 Å². The van der Waals surface area contributed by atoms with E-state index in [2.05, 4.69) is 108 Å². The fourth-order valence-corrected chi connectivity index (χ4v) is 20.5. The van der Waals surface area contributed by atoms with Gasteiger partial charge in [0.05, 0.1) is 118 Å². The molecule has 0 saturated carbocycles. The summed E-state index contributed by atoms with van der Waals surface area (Å²) in [4.78, 5) is 23.1. The first-order chi connectivity index (χ1) is 57.1. The summed E-state index contributed by atoms with van der Waals surface area (Å²) in [6.45, 7) is -5.87. The van der Waals surface area contributed by atoms with E-state index in [4.69, 9.17) is 20.9 Å². The van der Waals surface area contributed by atoms with Crippen LogP contribution in [0.1, 0.15) is 44.9 Å². The molecule has 508 valence electrons. The Balaban J connectivity index is 0.0000000894. The van der Waals surface area contributed by atoms with Gasteiger partial charge in [-0.1, -0.05) is 113 Å². The van der Waals surface area contributed by atoms with Gasteiger partial charge in [0.15, 0.2) is 21.0 Å². The second-order valence-corrected chi connectivity index (χ2v) is 29.8. The van der Waals surface area contributed by atoms with Crippen LogP contribution < -0.4 is 22.8 Å². The van der Waals surface area contributed by atoms with Crippen LogP contribution in [0.3, 0.4) is 0 Å². The van der Waals surface area contributed by atoms with Gasteiger partial charge in [0.1, 0.15) is 69.9 Å². The molecule has 5 aliphatic rings. The van der Waals surface area contributed by atoms with Crippen molar-refractivity contribution in [2.75, 3.05) is 0 Å². The summed E-state index contributed by atoms with van der Waals surface area (Å²) >= 11 is 5.06. The van der Waals surface area contributed by atoms with Crippen LogP contribution in [0.5, 0.6) is 0 Å². The molecule has 0 aliphatic carbocycles. The molecule has 0 unspecified atom stereocenters. The molecule has 20 heteroatoms. The summed E-state index contributed by atoms with van der Waals surface area (Å²) in [5, 5.41) is 7.81. The molecule has 0 saturated heterocycles. The largest absolute Gasteiger partial charge is 0.419 e. The molecule has 0 atom stereocenters. The number of thiazole rings is 2. The number of aryl methyl sites for hydroxylation is 5. The number of nitrogens with zero attached hydrogens (tertiary/aromatic N) is 16. The zero-order valence-electron chi connectivity index (χ0n) is 68.4. The standard InChI is InChI=1S/C22H17N4.C16H12N3O.3C16H12N3S/c1-24-21-16-11-7-13-23-18(16)14-25(21)20-17-10-5-6-12-19(17)26(22(20)24)15-8-3-2-4-9-15;1-18-15-10-6-4-8-17-12(10)9-19(15)14-11-5-2-3-7-13(11)20-16(14)18;2*1-18-13-7-3-2-5-11(13)14-15(18)19-9-12-10(16(19)20-14)6-4-8-17-12;1-18-15-10-6-4-8-17-12(10)9-19(15)14-11-5-2-3-7-13(11)20-16(14)18/h2-13H,14H2,1H3;4*2-8H,9H2,1H3/q5*+1/i3*1D3;;1D3. The quantitative estimate of drug-likeness (QED) is 0.151. The van der Waals surface area contributed by atoms with Crippen LogP contribution in [0, 0.1) is 0 Å². The molecule has 0 radical (unpaired) electrons. The van der Waals surface area contributed by atoms with Gasteiger partial charge < -0.3 is 4.42 Å². The van der Waals surface area contributed by atoms with Crippen molar-refractivity contribution in [1.29, 1.82) is 0 Å². The average Bonchev–Trinajstić information content (AvgIpc) is 1.58. The van der Waals surface area contributed by atoms with Gasteiger partial charge in [0, 0.05) is 51.8 Å². The molecule has 26 rings (SSSR count). The van der Waals surface area contributed by atoms with E-state index in [1.165, 1.54) is 67.1 Å². The fourth-order valence-electron chi connectivity index (χ4n) is 16.7. The Kier molecular flexibility index (Phi) is 10.9. The Morgan fingerprint density at radius 2 is 0.849 bits per heavy atom. The highest BCUT2D eigenvalue weighted by atomic mass is 32.1. The van der Waals surface area contributed by atoms with Crippen LogP contribution in [-0.2, 0) is 67.7 Å². The Morgan fingerprint density at radius 3 is 1.44 bits per heavy atom. The van der Waals surface area contributed by atoms with Gasteiger partial charge in [-0.3, -0.25) is 24.9 Å². The zero-order valence-corrected chi connectivity index (χ0v) is 58.9. The second kappa shape index (κ2) is 23.2. The highest BCUT2D eigenvalue weighted by Gasteiger charge is 2.41. The summed E-state index contributed by atoms with van der Waals surface area (Å²) in [5.74, 6) is 2.06. The van der Waals surface area contributed by atoms with E-state index in [0.29, 0.717) is 54.8 Å². The molecule has 5 aliphatic heterocycles. The van der Waals surface area contributed by atoms with E-state index in [1.54, 1.807) is 36.1 Å². The van der Waals surface area contributed by atoms with Crippen LogP contribution in [0.4, 0.5) is 0 Å². The van der Waals surface area contributed by atoms with Crippen molar-refractivity contribution in [2.24, 2.45) is 35.0 Å². The van der Waals surface area contributed by atoms with Gasteiger partial charge in [-0.2, -0.15) is 4.57 Å². The normalized spacial score (nSPS) is 15.1. The maximum atomic E-state index is 8.36. The van der Waals surface area contributed by atoms with Gasteiger partial charge in [-0.15, -0.1) is 0 Å². The Hall–Kier alpha value is -12.6. The first-order valence-corrected chi connectivity index (χ1v) is 37.1. The van der Waals surface area contributed by atoms with Crippen LogP contribution in [0.15, 0.2) is 248 Å². The van der Waals surface area contributed by atoms with Crippen LogP contribution in [-0.4, -0.2) is 52.3 Å². The van der Waals surface area contributed by atoms with E-state index in [1.807, 2.05) is 186 Å². The molecular formula is C86H65N16OS3+5. The number of furan rings is 1. The number of hydrogen-bond donors (Lipinski definition) is 0. The zero-order chi connectivity index (χ0) is 80.3. The van der Waals surface area contributed by atoms with E-state index in [-0.39, 0.29) is 0 Å². The Bertz CT molecular complexity index is 7620. The van der Waals surface area contributed by atoms with E-state index < -0.39 is 27.9 Å². The van der Waals surface area contributed by atoms with Crippen molar-refractivity contribution >= 4 is 141 Å². The lowest BCUT2D eigenvalue weighted by atomic mass is 10.2. The number of para-hydroxylation sites is 5. The molecule has 21 aromatic rings. The van der Waals surface area contributed by atoms with Crippen molar-refractivity contribution in [1.82, 2.24) is 52.3 Å². The fraction of sp³-hybridized carbons (Fsp3) is 0.116. The van der Waals surface area contributed by atoms with Crippen molar-refractivity contribution < 1.29 is 43.7 Å². The number of imidazole rings is 3. The molecule has 0 N–H and O–H groups in total. The molecule has 0 bridgehead atoms. The molecule has 15 aromatic heterocycles. The number of hydrogen-bond acceptors (Lipinski definition) is 9. The van der Waals surface area contributed by atoms with E-state index in [9.17, 15) is 0 Å². The number of thiophene rings is 1. The van der Waals surface area contributed by atoms with Crippen molar-refractivity contribution in [3.05, 3.63) is 272 Å². The smallest absolute Gasteiger partial charge is 0.339 e. The molecule has 0 amide bonds. The second-order valence-electron chi connectivity index (χ2n) is 26.8. The van der Waals surface area contributed by atoms with Gasteiger partial charge in [0.25, 0.3) is 17.3 Å². The third-order valence-electron chi connectivity index (χ3n) is 21.2. The first-order valence-electron chi connectivity index (χ1n) is 40.7. The Morgan fingerprint density at radius 1 is 0.387 bits per heavy atom. The minimum atomic E-state index is -2.34. The van der Waals surface area contributed by atoms with Gasteiger partial charge in [-0.05, 0) is 133 Å². The number of rotatable bonds is 1. The summed E-state index contributed by atoms with van der Waals surface area (Å²) in [5.41, 5.74) is 20.5. The summed E-state index contributed by atoms with van der Waals surface area (Å²) in [6.07, 6.45) is 8.92. The predicted octanol–water partition coefficient (Wildman–Crippen LogP) is 15.8. The lowest BCUT2D eigenvalue weighted by Gasteiger charge is -2.03. The molecular weight excluding hydrogens is 1370 g/mol. The van der Waals surface area contributed by atoms with E-state index >= 15 is 0 Å². The minimum absolute atomic E-state index is 0.385. The topological polar surface area (TPSA) is 127 Å². The predicted molar refractivity (Wildman–Crippen MR) is 420 cm³/mol.